The van der Waals surface area contributed by atoms with E-state index in [1.165, 1.54) is 0 Å². The zero-order valence-electron chi connectivity index (χ0n) is 11.3. The molecule has 0 unspecified atom stereocenters. The molecular formula is C16H17NO3. The third-order valence-corrected chi connectivity index (χ3v) is 2.82. The molecule has 104 valence electrons. The minimum atomic E-state index is -0.182. The second kappa shape index (κ2) is 6.61. The lowest BCUT2D eigenvalue weighted by Gasteiger charge is -2.08. The average molecular weight is 271 g/mol. The van der Waals surface area contributed by atoms with E-state index in [1.54, 1.807) is 24.3 Å². The van der Waals surface area contributed by atoms with Gasteiger partial charge in [0, 0.05) is 6.54 Å². The second-order valence-corrected chi connectivity index (χ2v) is 4.54. The molecule has 2 N–H and O–H groups in total. The molecule has 0 aromatic heterocycles. The van der Waals surface area contributed by atoms with Crippen LogP contribution in [0.25, 0.3) is 0 Å². The molecule has 4 nitrogen and oxygen atoms in total. The van der Waals surface area contributed by atoms with Gasteiger partial charge in [-0.25, -0.2) is 0 Å². The molecule has 0 aliphatic heterocycles. The van der Waals surface area contributed by atoms with E-state index in [2.05, 4.69) is 5.32 Å². The number of carbonyl (C=O) groups is 1. The number of aryl methyl sites for hydroxylation is 1. The summed E-state index contributed by atoms with van der Waals surface area (Å²) in [5.41, 5.74) is 2.07. The predicted octanol–water partition coefficient (Wildman–Crippen LogP) is 2.40. The number of phenols is 1. The predicted molar refractivity (Wildman–Crippen MR) is 76.6 cm³/mol. The molecule has 0 atom stereocenters. The van der Waals surface area contributed by atoms with Gasteiger partial charge in [-0.3, -0.25) is 4.79 Å². The highest BCUT2D eigenvalue weighted by atomic mass is 16.5. The number of benzene rings is 2. The SMILES string of the molecule is Cc1ccc(OCC(=O)NCc2ccc(O)cc2)cc1. The Labute approximate surface area is 118 Å². The van der Waals surface area contributed by atoms with Crippen LogP contribution in [0, 0.1) is 6.92 Å². The normalized spacial score (nSPS) is 10.1. The van der Waals surface area contributed by atoms with E-state index in [-0.39, 0.29) is 18.3 Å². The van der Waals surface area contributed by atoms with Crippen molar-refractivity contribution in [1.82, 2.24) is 5.32 Å². The summed E-state index contributed by atoms with van der Waals surface area (Å²) in [6.07, 6.45) is 0. The number of hydrogen-bond donors (Lipinski definition) is 2. The average Bonchev–Trinajstić information content (AvgIpc) is 2.46. The molecule has 20 heavy (non-hydrogen) atoms. The maximum Gasteiger partial charge on any atom is 0.258 e. The highest BCUT2D eigenvalue weighted by molar-refractivity contribution is 5.77. The zero-order valence-corrected chi connectivity index (χ0v) is 11.3. The van der Waals surface area contributed by atoms with Crippen molar-refractivity contribution in [3.05, 3.63) is 59.7 Å². The summed E-state index contributed by atoms with van der Waals surface area (Å²) in [7, 11) is 0. The van der Waals surface area contributed by atoms with Crippen LogP contribution in [-0.4, -0.2) is 17.6 Å². The van der Waals surface area contributed by atoms with Crippen molar-refractivity contribution in [2.75, 3.05) is 6.61 Å². The maximum absolute atomic E-state index is 11.6. The summed E-state index contributed by atoms with van der Waals surface area (Å²) in [5, 5.41) is 11.9. The van der Waals surface area contributed by atoms with Crippen LogP contribution in [0.5, 0.6) is 11.5 Å². The molecule has 0 spiro atoms. The number of amides is 1. The topological polar surface area (TPSA) is 58.6 Å². The summed E-state index contributed by atoms with van der Waals surface area (Å²) in [4.78, 5) is 11.6. The smallest absolute Gasteiger partial charge is 0.258 e. The first kappa shape index (κ1) is 13.9. The minimum absolute atomic E-state index is 0.0128. The lowest BCUT2D eigenvalue weighted by atomic mass is 10.2. The number of phenolic OH excluding ortho intramolecular Hbond substituents is 1. The van der Waals surface area contributed by atoms with Gasteiger partial charge in [-0.1, -0.05) is 29.8 Å². The molecular weight excluding hydrogens is 254 g/mol. The largest absolute Gasteiger partial charge is 0.508 e. The summed E-state index contributed by atoms with van der Waals surface area (Å²) in [5.74, 6) is 0.705. The van der Waals surface area contributed by atoms with Crippen LogP contribution < -0.4 is 10.1 Å². The van der Waals surface area contributed by atoms with E-state index < -0.39 is 0 Å². The Morgan fingerprint density at radius 1 is 1.10 bits per heavy atom. The first-order valence-corrected chi connectivity index (χ1v) is 6.37. The molecule has 0 radical (unpaired) electrons. The van der Waals surface area contributed by atoms with Crippen molar-refractivity contribution in [2.24, 2.45) is 0 Å². The highest BCUT2D eigenvalue weighted by Crippen LogP contribution is 2.11. The third-order valence-electron chi connectivity index (χ3n) is 2.82. The molecule has 0 fully saturated rings. The van der Waals surface area contributed by atoms with Crippen molar-refractivity contribution in [1.29, 1.82) is 0 Å². The fourth-order valence-corrected chi connectivity index (χ4v) is 1.65. The number of carbonyl (C=O) groups excluding carboxylic acids is 1. The minimum Gasteiger partial charge on any atom is -0.508 e. The number of nitrogens with one attached hydrogen (secondary N) is 1. The van der Waals surface area contributed by atoms with Crippen LogP contribution in [0.2, 0.25) is 0 Å². The van der Waals surface area contributed by atoms with Gasteiger partial charge in [0.15, 0.2) is 6.61 Å². The zero-order chi connectivity index (χ0) is 14.4. The molecule has 2 aromatic rings. The van der Waals surface area contributed by atoms with Gasteiger partial charge >= 0.3 is 0 Å². The third kappa shape index (κ3) is 4.31. The summed E-state index contributed by atoms with van der Waals surface area (Å²) in [6, 6.07) is 14.2. The van der Waals surface area contributed by atoms with Gasteiger partial charge in [-0.05, 0) is 36.8 Å². The maximum atomic E-state index is 11.6. The fraction of sp³-hybridized carbons (Fsp3) is 0.188. The van der Waals surface area contributed by atoms with Crippen LogP contribution in [0.15, 0.2) is 48.5 Å². The van der Waals surface area contributed by atoms with Crippen molar-refractivity contribution >= 4 is 5.91 Å². The molecule has 0 bridgehead atoms. The summed E-state index contributed by atoms with van der Waals surface area (Å²) < 4.78 is 5.38. The van der Waals surface area contributed by atoms with Crippen LogP contribution in [0.3, 0.4) is 0 Å². The number of aromatic hydroxyl groups is 1. The Hall–Kier alpha value is -2.49. The molecule has 0 aliphatic rings. The van der Waals surface area contributed by atoms with Gasteiger partial charge in [0.05, 0.1) is 0 Å². The Balaban J connectivity index is 1.75. The Bertz CT molecular complexity index is 510. The van der Waals surface area contributed by atoms with Gasteiger partial charge in [0.2, 0.25) is 0 Å². The molecule has 2 aromatic carbocycles. The van der Waals surface area contributed by atoms with Crippen LogP contribution >= 0.6 is 0 Å². The van der Waals surface area contributed by atoms with E-state index in [0.29, 0.717) is 12.3 Å². The van der Waals surface area contributed by atoms with E-state index in [9.17, 15) is 4.79 Å². The lowest BCUT2D eigenvalue weighted by molar-refractivity contribution is -0.123. The Kier molecular flexibility index (Phi) is 4.60. The first-order valence-electron chi connectivity index (χ1n) is 6.37. The van der Waals surface area contributed by atoms with Crippen LogP contribution in [0.1, 0.15) is 11.1 Å². The monoisotopic (exact) mass is 271 g/mol. The Morgan fingerprint density at radius 2 is 1.75 bits per heavy atom. The second-order valence-electron chi connectivity index (χ2n) is 4.54. The van der Waals surface area contributed by atoms with E-state index >= 15 is 0 Å². The molecule has 0 aliphatic carbocycles. The van der Waals surface area contributed by atoms with E-state index in [1.807, 2.05) is 31.2 Å². The van der Waals surface area contributed by atoms with Crippen molar-refractivity contribution < 1.29 is 14.6 Å². The van der Waals surface area contributed by atoms with Crippen molar-refractivity contribution in [3.8, 4) is 11.5 Å². The quantitative estimate of drug-likeness (QED) is 0.878. The molecule has 4 heteroatoms. The van der Waals surface area contributed by atoms with Crippen molar-refractivity contribution in [2.45, 2.75) is 13.5 Å². The molecule has 0 saturated heterocycles. The highest BCUT2D eigenvalue weighted by Gasteiger charge is 2.03. The van der Waals surface area contributed by atoms with E-state index in [0.717, 1.165) is 11.1 Å². The number of rotatable bonds is 5. The lowest BCUT2D eigenvalue weighted by Crippen LogP contribution is -2.28. The van der Waals surface area contributed by atoms with Crippen molar-refractivity contribution in [3.63, 3.8) is 0 Å². The molecule has 1 amide bonds. The van der Waals surface area contributed by atoms with Gasteiger partial charge in [0.25, 0.3) is 5.91 Å². The van der Waals surface area contributed by atoms with E-state index in [4.69, 9.17) is 9.84 Å². The molecule has 0 heterocycles. The summed E-state index contributed by atoms with van der Waals surface area (Å²) in [6.45, 7) is 2.39. The summed E-state index contributed by atoms with van der Waals surface area (Å²) >= 11 is 0. The van der Waals surface area contributed by atoms with Gasteiger partial charge in [-0.15, -0.1) is 0 Å². The Morgan fingerprint density at radius 3 is 2.40 bits per heavy atom. The number of ether oxygens (including phenoxy) is 1. The van der Waals surface area contributed by atoms with Gasteiger partial charge in [0.1, 0.15) is 11.5 Å². The molecule has 2 rings (SSSR count). The molecule has 0 saturated carbocycles. The van der Waals surface area contributed by atoms with Gasteiger partial charge < -0.3 is 15.2 Å². The van der Waals surface area contributed by atoms with Crippen LogP contribution in [-0.2, 0) is 11.3 Å². The van der Waals surface area contributed by atoms with Gasteiger partial charge in [-0.2, -0.15) is 0 Å². The fourth-order valence-electron chi connectivity index (χ4n) is 1.65. The van der Waals surface area contributed by atoms with Crippen LogP contribution in [0.4, 0.5) is 0 Å². The standard InChI is InChI=1S/C16H17NO3/c1-12-2-8-15(9-3-12)20-11-16(19)17-10-13-4-6-14(18)7-5-13/h2-9,18H,10-11H2,1H3,(H,17,19). The number of hydrogen-bond acceptors (Lipinski definition) is 3. The first-order chi connectivity index (χ1) is 9.63.